The van der Waals surface area contributed by atoms with E-state index in [1.165, 1.54) is 64.2 Å². The van der Waals surface area contributed by atoms with Crippen molar-refractivity contribution in [2.24, 2.45) is 0 Å². The average molecular weight is 172 g/mol. The minimum absolute atomic E-state index is 0. The summed E-state index contributed by atoms with van der Waals surface area (Å²) < 4.78 is 0. The maximum absolute atomic E-state index is 1.50. The molecule has 0 aromatic rings. The summed E-state index contributed by atoms with van der Waals surface area (Å²) in [5, 5.41) is 0. The molecular weight excluding hydrogens is 144 g/mol. The van der Waals surface area contributed by atoms with E-state index < -0.39 is 0 Å². The summed E-state index contributed by atoms with van der Waals surface area (Å²) >= 11 is 0. The second-order valence-electron chi connectivity index (χ2n) is 3.54. The Hall–Kier alpha value is 0. The first kappa shape index (κ1) is 14.5. The summed E-state index contributed by atoms with van der Waals surface area (Å²) in [6.07, 6.45) is 15.0. The van der Waals surface area contributed by atoms with Crippen LogP contribution >= 0.6 is 0 Å². The Morgan fingerprint density at radius 1 is 0.250 bits per heavy atom. The summed E-state index contributed by atoms with van der Waals surface area (Å²) in [4.78, 5) is 0. The van der Waals surface area contributed by atoms with Gasteiger partial charge in [0.15, 0.2) is 0 Å². The Morgan fingerprint density at radius 2 is 0.333 bits per heavy atom. The highest BCUT2D eigenvalue weighted by atomic mass is 14.0. The van der Waals surface area contributed by atoms with Crippen LogP contribution in [-0.4, -0.2) is 0 Å². The van der Waals surface area contributed by atoms with Gasteiger partial charge < -0.3 is 0 Å². The lowest BCUT2D eigenvalue weighted by Crippen LogP contribution is -1.85. The van der Waals surface area contributed by atoms with Gasteiger partial charge in [0, 0.05) is 0 Å². The van der Waals surface area contributed by atoms with E-state index in [-0.39, 0.29) is 14.9 Å². The van der Waals surface area contributed by atoms with Gasteiger partial charge in [0.1, 0.15) is 0 Å². The van der Waals surface area contributed by atoms with Crippen LogP contribution in [0.2, 0.25) is 0 Å². The third kappa shape index (κ3) is 8.10. The Bertz CT molecular complexity index is 33.2. The van der Waals surface area contributed by atoms with Crippen molar-refractivity contribution < 1.29 is 0 Å². The van der Waals surface area contributed by atoms with Crippen LogP contribution in [0, 0.1) is 0 Å². The highest BCUT2D eigenvalue weighted by Gasteiger charge is 1.95. The lowest BCUT2D eigenvalue weighted by molar-refractivity contribution is 0.504. The molecule has 0 aromatic heterocycles. The molecule has 76 valence electrons. The van der Waals surface area contributed by atoms with Crippen molar-refractivity contribution in [3.63, 3.8) is 0 Å². The Kier molecular flexibility index (Phi) is 13.3. The minimum atomic E-state index is 0. The summed E-state index contributed by atoms with van der Waals surface area (Å²) in [5.74, 6) is 0. The Balaban J connectivity index is 0. The molecule has 0 N–H and O–H groups in total. The molecule has 1 aliphatic rings. The van der Waals surface area contributed by atoms with Crippen LogP contribution in [0.15, 0.2) is 0 Å². The van der Waals surface area contributed by atoms with E-state index in [2.05, 4.69) is 0 Å². The molecule has 0 atom stereocenters. The molecule has 0 unspecified atom stereocenters. The van der Waals surface area contributed by atoms with Gasteiger partial charge in [-0.1, -0.05) is 79.1 Å². The fourth-order valence-corrected chi connectivity index (χ4v) is 1.77. The average Bonchev–Trinajstić information content (AvgIpc) is 2.01. The number of hydrogen-bond donors (Lipinski definition) is 0. The molecule has 0 spiro atoms. The molecular formula is C12H28. The molecule has 0 amide bonds. The third-order valence-electron chi connectivity index (χ3n) is 2.50. The zero-order valence-electron chi connectivity index (χ0n) is 7.07. The molecule has 0 aromatic carbocycles. The molecule has 0 heteroatoms. The predicted octanol–water partition coefficient (Wildman–Crippen LogP) is 5.17. The molecule has 0 radical (unpaired) electrons. The van der Waals surface area contributed by atoms with Crippen molar-refractivity contribution in [2.75, 3.05) is 0 Å². The van der Waals surface area contributed by atoms with E-state index in [4.69, 9.17) is 0 Å². The normalized spacial score (nSPS) is 20.0. The van der Waals surface area contributed by atoms with Crippen molar-refractivity contribution in [2.45, 2.75) is 79.1 Å². The largest absolute Gasteiger partial charge is 0.0776 e. The molecule has 1 fully saturated rings. The van der Waals surface area contributed by atoms with Gasteiger partial charge in [-0.15, -0.1) is 0 Å². The summed E-state index contributed by atoms with van der Waals surface area (Å²) in [6, 6.07) is 0. The Labute approximate surface area is 79.8 Å². The van der Waals surface area contributed by atoms with E-state index in [0.29, 0.717) is 0 Å². The fraction of sp³-hybridized carbons (Fsp3) is 1.00. The van der Waals surface area contributed by atoms with Gasteiger partial charge in [0.25, 0.3) is 0 Å². The lowest BCUT2D eigenvalue weighted by atomic mass is 10.0. The third-order valence-corrected chi connectivity index (χ3v) is 2.50. The minimum Gasteiger partial charge on any atom is -0.0776 e. The monoisotopic (exact) mass is 172 g/mol. The molecule has 0 saturated heterocycles. The highest BCUT2D eigenvalue weighted by Crippen LogP contribution is 2.15. The van der Waals surface area contributed by atoms with E-state index >= 15 is 0 Å². The van der Waals surface area contributed by atoms with Gasteiger partial charge in [-0.3, -0.25) is 0 Å². The van der Waals surface area contributed by atoms with Crippen molar-refractivity contribution in [1.29, 1.82) is 0 Å². The summed E-state index contributed by atoms with van der Waals surface area (Å²) in [5.41, 5.74) is 0. The van der Waals surface area contributed by atoms with Crippen LogP contribution in [0.4, 0.5) is 0 Å². The number of hydrogen-bond acceptors (Lipinski definition) is 0. The number of rotatable bonds is 0. The summed E-state index contributed by atoms with van der Waals surface area (Å²) in [6.45, 7) is 0. The summed E-state index contributed by atoms with van der Waals surface area (Å²) in [7, 11) is 0. The van der Waals surface area contributed by atoms with Crippen molar-refractivity contribution in [3.05, 3.63) is 0 Å². The van der Waals surface area contributed by atoms with Crippen LogP contribution < -0.4 is 0 Å². The molecule has 0 aliphatic heterocycles. The van der Waals surface area contributed by atoms with Crippen LogP contribution in [0.1, 0.15) is 79.1 Å². The van der Waals surface area contributed by atoms with Crippen LogP contribution in [-0.2, 0) is 0 Å². The van der Waals surface area contributed by atoms with Gasteiger partial charge in [0.05, 0.1) is 0 Å². The molecule has 0 bridgehead atoms. The van der Waals surface area contributed by atoms with Crippen LogP contribution in [0.5, 0.6) is 0 Å². The van der Waals surface area contributed by atoms with E-state index in [1.54, 1.807) is 0 Å². The molecule has 1 aliphatic carbocycles. The van der Waals surface area contributed by atoms with Gasteiger partial charge in [-0.2, -0.15) is 0 Å². The molecule has 0 nitrogen and oxygen atoms in total. The molecule has 1 saturated carbocycles. The first-order chi connectivity index (χ1) is 5.00. The Morgan fingerprint density at radius 3 is 0.417 bits per heavy atom. The predicted molar refractivity (Wildman–Crippen MR) is 59.6 cm³/mol. The standard InChI is InChI=1S/C10H20.2CH4/c1-2-4-6-8-10-9-7-5-3-1;;/h1-10H2;2*1H4. The first-order valence-corrected chi connectivity index (χ1v) is 5.00. The maximum Gasteiger partial charge on any atom is -0.0533 e. The highest BCUT2D eigenvalue weighted by molar-refractivity contribution is 4.51. The second kappa shape index (κ2) is 11.0. The van der Waals surface area contributed by atoms with Crippen LogP contribution in [0.3, 0.4) is 0 Å². The van der Waals surface area contributed by atoms with E-state index in [0.717, 1.165) is 0 Å². The SMILES string of the molecule is C.C.C1CCCCCCCCC1. The first-order valence-electron chi connectivity index (χ1n) is 5.00. The quantitative estimate of drug-likeness (QED) is 0.472. The van der Waals surface area contributed by atoms with Gasteiger partial charge in [-0.05, 0) is 0 Å². The van der Waals surface area contributed by atoms with Crippen molar-refractivity contribution >= 4 is 0 Å². The van der Waals surface area contributed by atoms with Crippen LogP contribution in [0.25, 0.3) is 0 Å². The van der Waals surface area contributed by atoms with Gasteiger partial charge in [0.2, 0.25) is 0 Å². The smallest absolute Gasteiger partial charge is 0.0533 e. The van der Waals surface area contributed by atoms with E-state index in [9.17, 15) is 0 Å². The van der Waals surface area contributed by atoms with Gasteiger partial charge in [-0.25, -0.2) is 0 Å². The molecule has 12 heavy (non-hydrogen) atoms. The maximum atomic E-state index is 1.50. The topological polar surface area (TPSA) is 0 Å². The molecule has 0 heterocycles. The zero-order chi connectivity index (χ0) is 7.07. The second-order valence-corrected chi connectivity index (χ2v) is 3.54. The van der Waals surface area contributed by atoms with Gasteiger partial charge >= 0.3 is 0 Å². The zero-order valence-corrected chi connectivity index (χ0v) is 7.07. The van der Waals surface area contributed by atoms with E-state index in [1.807, 2.05) is 0 Å². The fourth-order valence-electron chi connectivity index (χ4n) is 1.77. The van der Waals surface area contributed by atoms with Crippen molar-refractivity contribution in [1.82, 2.24) is 0 Å². The van der Waals surface area contributed by atoms with Crippen molar-refractivity contribution in [3.8, 4) is 0 Å². The lowest BCUT2D eigenvalue weighted by Gasteiger charge is -2.05. The molecule has 1 rings (SSSR count).